The first kappa shape index (κ1) is 7.81. The van der Waals surface area contributed by atoms with Gasteiger partial charge in [-0.3, -0.25) is 11.3 Å². The van der Waals surface area contributed by atoms with Gasteiger partial charge in [-0.05, 0) is 12.8 Å². The van der Waals surface area contributed by atoms with E-state index in [0.29, 0.717) is 0 Å². The number of nitrogens with two attached hydrogens (primary N) is 1. The van der Waals surface area contributed by atoms with Crippen LogP contribution in [0.2, 0.25) is 0 Å². The third kappa shape index (κ3) is 1.11. The van der Waals surface area contributed by atoms with Crippen LogP contribution in [0.1, 0.15) is 12.8 Å². The van der Waals surface area contributed by atoms with Gasteiger partial charge in [0.1, 0.15) is 0 Å². The minimum atomic E-state index is -4.08. The third-order valence-corrected chi connectivity index (χ3v) is 1.90. The molecule has 2 nitrogen and oxygen atoms in total. The lowest BCUT2D eigenvalue weighted by atomic mass is 10.1. The Morgan fingerprint density at radius 2 is 1.90 bits per heavy atom. The van der Waals surface area contributed by atoms with E-state index in [9.17, 15) is 13.2 Å². The van der Waals surface area contributed by atoms with E-state index in [1.165, 1.54) is 0 Å². The molecule has 1 rings (SSSR count). The smallest absolute Gasteiger partial charge is 0.271 e. The van der Waals surface area contributed by atoms with Crippen LogP contribution in [0.15, 0.2) is 0 Å². The lowest BCUT2D eigenvalue weighted by Gasteiger charge is -2.17. The van der Waals surface area contributed by atoms with Crippen LogP contribution in [0.5, 0.6) is 0 Å². The third-order valence-electron chi connectivity index (χ3n) is 1.90. The van der Waals surface area contributed by atoms with Crippen LogP contribution < -0.4 is 11.3 Å². The maximum Gasteiger partial charge on any atom is 0.395 e. The van der Waals surface area contributed by atoms with Crippen molar-refractivity contribution in [1.29, 1.82) is 0 Å². The average Bonchev–Trinajstić information content (AvgIpc) is 2.45. The number of hydrogen-bond acceptors (Lipinski definition) is 2. The predicted molar refractivity (Wildman–Crippen MR) is 29.9 cm³/mol. The average molecular weight is 154 g/mol. The highest BCUT2D eigenvalue weighted by molar-refractivity contribution is 5.00. The molecule has 1 fully saturated rings. The number of hydrogen-bond donors (Lipinski definition) is 2. The van der Waals surface area contributed by atoms with Crippen molar-refractivity contribution in [2.45, 2.75) is 19.0 Å². The summed E-state index contributed by atoms with van der Waals surface area (Å²) in [5.41, 5.74) is 0.559. The minimum absolute atomic E-state index is 0.156. The molecule has 60 valence electrons. The largest absolute Gasteiger partial charge is 0.395 e. The van der Waals surface area contributed by atoms with Gasteiger partial charge in [0, 0.05) is 6.54 Å². The monoisotopic (exact) mass is 154 g/mol. The summed E-state index contributed by atoms with van der Waals surface area (Å²) < 4.78 is 36.0. The Morgan fingerprint density at radius 1 is 1.40 bits per heavy atom. The fourth-order valence-corrected chi connectivity index (χ4v) is 0.907. The number of rotatable bonds is 2. The number of alkyl halides is 3. The minimum Gasteiger partial charge on any atom is -0.271 e. The van der Waals surface area contributed by atoms with Gasteiger partial charge >= 0.3 is 6.18 Å². The normalized spacial score (nSPS) is 22.8. The van der Waals surface area contributed by atoms with Gasteiger partial charge in [0.15, 0.2) is 0 Å². The van der Waals surface area contributed by atoms with E-state index in [4.69, 9.17) is 5.84 Å². The van der Waals surface area contributed by atoms with Crippen molar-refractivity contribution in [3.63, 3.8) is 0 Å². The van der Waals surface area contributed by atoms with Crippen molar-refractivity contribution < 1.29 is 13.2 Å². The highest BCUT2D eigenvalue weighted by Gasteiger charge is 2.62. The molecule has 0 aromatic rings. The van der Waals surface area contributed by atoms with E-state index >= 15 is 0 Å². The topological polar surface area (TPSA) is 38.0 Å². The molecule has 0 atom stereocenters. The maximum atomic E-state index is 12.0. The molecular formula is C5H9F3N2. The van der Waals surface area contributed by atoms with Gasteiger partial charge in [0.25, 0.3) is 0 Å². The van der Waals surface area contributed by atoms with Crippen molar-refractivity contribution >= 4 is 0 Å². The second-order valence-electron chi connectivity index (χ2n) is 2.66. The zero-order chi connectivity index (χ0) is 7.83. The Balaban J connectivity index is 2.52. The van der Waals surface area contributed by atoms with Crippen molar-refractivity contribution in [3.8, 4) is 0 Å². The van der Waals surface area contributed by atoms with E-state index in [1.807, 2.05) is 0 Å². The highest BCUT2D eigenvalue weighted by atomic mass is 19.4. The zero-order valence-corrected chi connectivity index (χ0v) is 5.33. The molecule has 0 aromatic carbocycles. The van der Waals surface area contributed by atoms with Crippen LogP contribution in [0, 0.1) is 5.41 Å². The van der Waals surface area contributed by atoms with Crippen LogP contribution in [0.4, 0.5) is 13.2 Å². The second kappa shape index (κ2) is 2.10. The molecule has 0 radical (unpaired) electrons. The fraction of sp³-hybridized carbons (Fsp3) is 1.00. The first-order valence-electron chi connectivity index (χ1n) is 3.02. The predicted octanol–water partition coefficient (Wildman–Crippen LogP) is 0.792. The van der Waals surface area contributed by atoms with Gasteiger partial charge in [-0.25, -0.2) is 0 Å². The van der Waals surface area contributed by atoms with E-state index in [0.717, 1.165) is 0 Å². The molecule has 1 saturated carbocycles. The summed E-state index contributed by atoms with van der Waals surface area (Å²) in [6.07, 6.45) is -3.67. The summed E-state index contributed by atoms with van der Waals surface area (Å²) >= 11 is 0. The quantitative estimate of drug-likeness (QED) is 0.456. The van der Waals surface area contributed by atoms with Crippen molar-refractivity contribution in [3.05, 3.63) is 0 Å². The van der Waals surface area contributed by atoms with Crippen molar-refractivity contribution in [2.75, 3.05) is 6.54 Å². The summed E-state index contributed by atoms with van der Waals surface area (Å²) in [4.78, 5) is 0. The van der Waals surface area contributed by atoms with Gasteiger partial charge in [-0.15, -0.1) is 0 Å². The van der Waals surface area contributed by atoms with E-state index in [1.54, 1.807) is 0 Å². The molecule has 0 bridgehead atoms. The van der Waals surface area contributed by atoms with Crippen LogP contribution in [-0.2, 0) is 0 Å². The van der Waals surface area contributed by atoms with Crippen LogP contribution in [-0.4, -0.2) is 12.7 Å². The van der Waals surface area contributed by atoms with Gasteiger partial charge in [0.2, 0.25) is 0 Å². The standard InChI is InChI=1S/C5H9F3N2/c6-5(7,8)4(1-2-4)3-10-9/h10H,1-3,9H2. The molecule has 1 aliphatic carbocycles. The lowest BCUT2D eigenvalue weighted by Crippen LogP contribution is -2.38. The summed E-state index contributed by atoms with van der Waals surface area (Å²) in [5.74, 6) is 4.80. The second-order valence-corrected chi connectivity index (χ2v) is 2.66. The van der Waals surface area contributed by atoms with Gasteiger partial charge in [-0.2, -0.15) is 13.2 Å². The Labute approximate surface area is 56.5 Å². The SMILES string of the molecule is NNCC1(C(F)(F)F)CC1. The van der Waals surface area contributed by atoms with Gasteiger partial charge in [0.05, 0.1) is 5.41 Å². The van der Waals surface area contributed by atoms with E-state index in [2.05, 4.69) is 5.43 Å². The van der Waals surface area contributed by atoms with Crippen LogP contribution in [0.25, 0.3) is 0 Å². The molecule has 3 N–H and O–H groups in total. The molecule has 0 heterocycles. The highest BCUT2D eigenvalue weighted by Crippen LogP contribution is 2.56. The molecule has 10 heavy (non-hydrogen) atoms. The molecule has 0 spiro atoms. The van der Waals surface area contributed by atoms with Crippen molar-refractivity contribution in [1.82, 2.24) is 5.43 Å². The Hall–Kier alpha value is -0.290. The summed E-state index contributed by atoms with van der Waals surface area (Å²) in [6.45, 7) is -0.156. The van der Waals surface area contributed by atoms with E-state index < -0.39 is 11.6 Å². The number of halogens is 3. The number of nitrogens with one attached hydrogen (secondary N) is 1. The zero-order valence-electron chi connectivity index (χ0n) is 5.33. The van der Waals surface area contributed by atoms with Gasteiger partial charge in [-0.1, -0.05) is 0 Å². The Kier molecular flexibility index (Phi) is 1.64. The summed E-state index contributed by atoms with van der Waals surface area (Å²) in [5, 5.41) is 0. The summed E-state index contributed by atoms with van der Waals surface area (Å²) in [6, 6.07) is 0. The Morgan fingerprint density at radius 3 is 2.00 bits per heavy atom. The molecule has 0 aliphatic heterocycles. The number of hydrazine groups is 1. The first-order chi connectivity index (χ1) is 4.52. The fourth-order valence-electron chi connectivity index (χ4n) is 0.907. The molecule has 0 saturated heterocycles. The molecule has 1 aliphatic rings. The molecule has 0 unspecified atom stereocenters. The Bertz CT molecular complexity index is 127. The van der Waals surface area contributed by atoms with Crippen LogP contribution in [0.3, 0.4) is 0 Å². The molecular weight excluding hydrogens is 145 g/mol. The molecule has 0 aromatic heterocycles. The first-order valence-corrected chi connectivity index (χ1v) is 3.02. The molecule has 0 amide bonds. The maximum absolute atomic E-state index is 12.0. The van der Waals surface area contributed by atoms with E-state index in [-0.39, 0.29) is 19.4 Å². The van der Waals surface area contributed by atoms with Gasteiger partial charge < -0.3 is 0 Å². The van der Waals surface area contributed by atoms with Crippen LogP contribution >= 0.6 is 0 Å². The summed E-state index contributed by atoms with van der Waals surface area (Å²) in [7, 11) is 0. The van der Waals surface area contributed by atoms with Crippen molar-refractivity contribution in [2.24, 2.45) is 11.3 Å². The molecule has 5 heteroatoms. The lowest BCUT2D eigenvalue weighted by molar-refractivity contribution is -0.185.